The quantitative estimate of drug-likeness (QED) is 0.262. The number of hydrogen-bond acceptors (Lipinski definition) is 6. The van der Waals surface area contributed by atoms with Gasteiger partial charge in [-0.25, -0.2) is 9.97 Å². The van der Waals surface area contributed by atoms with Gasteiger partial charge in [-0.1, -0.05) is 6.07 Å². The molecule has 0 aliphatic heterocycles. The van der Waals surface area contributed by atoms with Gasteiger partial charge in [-0.15, -0.1) is 0 Å². The van der Waals surface area contributed by atoms with Crippen LogP contribution in [0.5, 0.6) is 11.5 Å². The summed E-state index contributed by atoms with van der Waals surface area (Å²) in [5.41, 5.74) is 9.21. The molecule has 0 saturated heterocycles. The second-order valence-corrected chi connectivity index (χ2v) is 8.46. The molecule has 0 unspecified atom stereocenters. The Hall–Kier alpha value is -4.58. The smallest absolute Gasteiger partial charge is 0.118 e. The molecule has 0 atom stereocenters. The molecule has 0 aliphatic carbocycles. The summed E-state index contributed by atoms with van der Waals surface area (Å²) >= 11 is 0. The molecule has 6 nitrogen and oxygen atoms in total. The van der Waals surface area contributed by atoms with E-state index in [1.807, 2.05) is 79.8 Å². The minimum absolute atomic E-state index is 0.793. The number of methoxy groups -OCH3 is 2. The van der Waals surface area contributed by atoms with Gasteiger partial charge >= 0.3 is 0 Å². The van der Waals surface area contributed by atoms with Gasteiger partial charge < -0.3 is 20.1 Å². The highest BCUT2D eigenvalue weighted by molar-refractivity contribution is 5.96. The zero-order valence-corrected chi connectivity index (χ0v) is 20.8. The summed E-state index contributed by atoms with van der Waals surface area (Å²) in [4.78, 5) is 10.4. The lowest BCUT2D eigenvalue weighted by Gasteiger charge is -2.16. The molecule has 0 radical (unpaired) electrons. The van der Waals surface area contributed by atoms with Crippen molar-refractivity contribution in [3.63, 3.8) is 0 Å². The predicted molar refractivity (Wildman–Crippen MR) is 148 cm³/mol. The van der Waals surface area contributed by atoms with Crippen molar-refractivity contribution in [1.82, 2.24) is 9.97 Å². The summed E-state index contributed by atoms with van der Waals surface area (Å²) in [6.45, 7) is 2.06. The van der Waals surface area contributed by atoms with Crippen LogP contribution in [0.15, 0.2) is 84.9 Å². The third kappa shape index (κ3) is 4.53. The second kappa shape index (κ2) is 9.96. The average Bonchev–Trinajstić information content (AvgIpc) is 2.94. The van der Waals surface area contributed by atoms with Gasteiger partial charge in [0.1, 0.15) is 17.0 Å². The molecule has 1 aromatic heterocycles. The predicted octanol–water partition coefficient (Wildman–Crippen LogP) is 7.07. The Morgan fingerprint density at radius 2 is 1.08 bits per heavy atom. The number of rotatable bonds is 7. The van der Waals surface area contributed by atoms with E-state index in [4.69, 9.17) is 19.4 Å². The maximum Gasteiger partial charge on any atom is 0.118 e. The number of aryl methyl sites for hydroxylation is 1. The number of ether oxygens (including phenoxy) is 2. The molecule has 36 heavy (non-hydrogen) atoms. The molecule has 0 aliphatic rings. The van der Waals surface area contributed by atoms with E-state index in [-0.39, 0.29) is 0 Å². The van der Waals surface area contributed by atoms with Crippen LogP contribution in [0.4, 0.5) is 17.1 Å². The van der Waals surface area contributed by atoms with Crippen molar-refractivity contribution in [3.05, 3.63) is 90.5 Å². The fourth-order valence-corrected chi connectivity index (χ4v) is 4.14. The molecule has 0 spiro atoms. The van der Waals surface area contributed by atoms with Crippen LogP contribution in [0, 0.1) is 6.92 Å². The highest BCUT2D eigenvalue weighted by Gasteiger charge is 2.17. The summed E-state index contributed by atoms with van der Waals surface area (Å²) in [5.74, 6) is 1.59. The van der Waals surface area contributed by atoms with Gasteiger partial charge in [-0.05, 0) is 91.3 Å². The number of benzene rings is 4. The minimum Gasteiger partial charge on any atom is -0.497 e. The zero-order valence-electron chi connectivity index (χ0n) is 20.8. The van der Waals surface area contributed by atoms with Crippen molar-refractivity contribution in [2.45, 2.75) is 6.92 Å². The van der Waals surface area contributed by atoms with Gasteiger partial charge in [0, 0.05) is 29.5 Å². The first-order chi connectivity index (χ1) is 17.6. The molecule has 0 fully saturated rings. The highest BCUT2D eigenvalue weighted by Crippen LogP contribution is 2.36. The Morgan fingerprint density at radius 3 is 1.58 bits per heavy atom. The summed E-state index contributed by atoms with van der Waals surface area (Å²) in [7, 11) is 5.24. The summed E-state index contributed by atoms with van der Waals surface area (Å²) in [6, 6.07) is 28.1. The lowest BCUT2D eigenvalue weighted by Crippen LogP contribution is -2.01. The molecule has 6 heteroatoms. The molecule has 0 amide bonds. The first-order valence-electron chi connectivity index (χ1n) is 11.7. The van der Waals surface area contributed by atoms with Crippen LogP contribution < -0.4 is 20.1 Å². The van der Waals surface area contributed by atoms with E-state index in [1.54, 1.807) is 14.2 Å². The van der Waals surface area contributed by atoms with Gasteiger partial charge in [-0.2, -0.15) is 0 Å². The molecule has 0 bridgehead atoms. The van der Waals surface area contributed by atoms with Crippen LogP contribution >= 0.6 is 0 Å². The van der Waals surface area contributed by atoms with Gasteiger partial charge in [-0.3, -0.25) is 0 Å². The number of anilines is 3. The largest absolute Gasteiger partial charge is 0.497 e. The van der Waals surface area contributed by atoms with E-state index in [0.717, 1.165) is 67.7 Å². The number of aromatic nitrogens is 2. The van der Waals surface area contributed by atoms with E-state index in [1.165, 1.54) is 0 Å². The van der Waals surface area contributed by atoms with E-state index < -0.39 is 0 Å². The SMILES string of the molecule is CNc1ccc(Nc2ccc(C)c3nc(-c4ccc(OC)cc4)c(-c4ccc(OC)cc4)nc23)cc1. The Kier molecular flexibility index (Phi) is 6.41. The van der Waals surface area contributed by atoms with Crippen molar-refractivity contribution < 1.29 is 9.47 Å². The third-order valence-corrected chi connectivity index (χ3v) is 6.20. The molecule has 5 rings (SSSR count). The lowest BCUT2D eigenvalue weighted by atomic mass is 10.0. The van der Waals surface area contributed by atoms with Gasteiger partial charge in [0.25, 0.3) is 0 Å². The topological polar surface area (TPSA) is 68.3 Å². The monoisotopic (exact) mass is 476 g/mol. The highest BCUT2D eigenvalue weighted by atomic mass is 16.5. The van der Waals surface area contributed by atoms with Crippen LogP contribution in [0.1, 0.15) is 5.56 Å². The molecular formula is C30H28N4O2. The first kappa shape index (κ1) is 23.2. The van der Waals surface area contributed by atoms with Crippen molar-refractivity contribution >= 4 is 28.1 Å². The van der Waals surface area contributed by atoms with E-state index in [9.17, 15) is 0 Å². The van der Waals surface area contributed by atoms with Crippen molar-refractivity contribution in [1.29, 1.82) is 0 Å². The summed E-state index contributed by atoms with van der Waals surface area (Å²) in [6.07, 6.45) is 0. The number of hydrogen-bond donors (Lipinski definition) is 2. The number of nitrogens with one attached hydrogen (secondary N) is 2. The minimum atomic E-state index is 0.793. The van der Waals surface area contributed by atoms with Gasteiger partial charge in [0.2, 0.25) is 0 Å². The maximum atomic E-state index is 5.37. The van der Waals surface area contributed by atoms with Crippen LogP contribution in [0.25, 0.3) is 33.5 Å². The Labute approximate surface area is 211 Å². The number of nitrogens with zero attached hydrogens (tertiary/aromatic N) is 2. The molecule has 0 saturated carbocycles. The Bertz CT molecular complexity index is 1500. The van der Waals surface area contributed by atoms with Crippen molar-refractivity contribution in [3.8, 4) is 34.0 Å². The fraction of sp³-hybridized carbons (Fsp3) is 0.133. The van der Waals surface area contributed by atoms with Crippen LogP contribution in [-0.4, -0.2) is 31.2 Å². The molecule has 1 heterocycles. The molecule has 2 N–H and O–H groups in total. The third-order valence-electron chi connectivity index (χ3n) is 6.20. The fourth-order valence-electron chi connectivity index (χ4n) is 4.14. The normalized spacial score (nSPS) is 10.8. The lowest BCUT2D eigenvalue weighted by molar-refractivity contribution is 0.414. The number of fused-ring (bicyclic) bond motifs is 1. The maximum absolute atomic E-state index is 5.37. The van der Waals surface area contributed by atoms with Crippen LogP contribution in [-0.2, 0) is 0 Å². The van der Waals surface area contributed by atoms with Crippen molar-refractivity contribution in [2.24, 2.45) is 0 Å². The average molecular weight is 477 g/mol. The van der Waals surface area contributed by atoms with Crippen LogP contribution in [0.3, 0.4) is 0 Å². The summed E-state index contributed by atoms with van der Waals surface area (Å²) < 4.78 is 10.7. The Balaban J connectivity index is 1.70. The molecule has 4 aromatic carbocycles. The van der Waals surface area contributed by atoms with Gasteiger partial charge in [0.15, 0.2) is 0 Å². The van der Waals surface area contributed by atoms with E-state index in [2.05, 4.69) is 29.7 Å². The molecular weight excluding hydrogens is 448 g/mol. The molecule has 5 aromatic rings. The van der Waals surface area contributed by atoms with Gasteiger partial charge in [0.05, 0.1) is 36.8 Å². The first-order valence-corrected chi connectivity index (χ1v) is 11.7. The van der Waals surface area contributed by atoms with Crippen LogP contribution in [0.2, 0.25) is 0 Å². The Morgan fingerprint density at radius 1 is 0.583 bits per heavy atom. The molecule has 180 valence electrons. The second-order valence-electron chi connectivity index (χ2n) is 8.46. The van der Waals surface area contributed by atoms with E-state index >= 15 is 0 Å². The zero-order chi connectivity index (χ0) is 25.1. The van der Waals surface area contributed by atoms with E-state index in [0.29, 0.717) is 0 Å². The van der Waals surface area contributed by atoms with Crippen molar-refractivity contribution in [2.75, 3.05) is 31.9 Å². The summed E-state index contributed by atoms with van der Waals surface area (Å²) in [5, 5.41) is 6.68. The standard InChI is InChI=1S/C30H28N4O2/c1-19-5-18-26(32-23-12-10-22(31-2)11-13-23)30-27(19)33-28(20-6-14-24(35-3)15-7-20)29(34-30)21-8-16-25(36-4)17-9-21/h5-18,31-32H,1-4H3.